The van der Waals surface area contributed by atoms with Crippen molar-refractivity contribution in [3.05, 3.63) is 34.4 Å². The molecule has 0 aromatic heterocycles. The van der Waals surface area contributed by atoms with Crippen molar-refractivity contribution in [1.29, 1.82) is 5.26 Å². The van der Waals surface area contributed by atoms with Crippen LogP contribution in [-0.4, -0.2) is 11.1 Å². The van der Waals surface area contributed by atoms with Crippen LogP contribution in [0.3, 0.4) is 0 Å². The lowest BCUT2D eigenvalue weighted by molar-refractivity contribution is 0.0695. The molecule has 1 rings (SSSR count). The monoisotopic (exact) mass is 204 g/mol. The Morgan fingerprint density at radius 3 is 2.60 bits per heavy atom. The molecule has 0 fully saturated rings. The van der Waals surface area contributed by atoms with Crippen molar-refractivity contribution in [3.63, 3.8) is 0 Å². The van der Waals surface area contributed by atoms with Gasteiger partial charge >= 0.3 is 5.97 Å². The summed E-state index contributed by atoms with van der Waals surface area (Å²) >= 11 is 0. The quantitative estimate of drug-likeness (QED) is 0.776. The van der Waals surface area contributed by atoms with Crippen LogP contribution in [0.1, 0.15) is 34.0 Å². The van der Waals surface area contributed by atoms with Crippen molar-refractivity contribution in [2.45, 2.75) is 19.9 Å². The lowest BCUT2D eigenvalue weighted by Crippen LogP contribution is -2.11. The molecule has 0 aliphatic heterocycles. The van der Waals surface area contributed by atoms with E-state index in [-0.39, 0.29) is 12.1 Å². The van der Waals surface area contributed by atoms with E-state index >= 15 is 0 Å². The maximum absolute atomic E-state index is 10.9. The third kappa shape index (κ3) is 1.97. The molecule has 0 bridgehead atoms. The molecule has 4 nitrogen and oxygen atoms in total. The summed E-state index contributed by atoms with van der Waals surface area (Å²) in [5, 5.41) is 17.8. The highest BCUT2D eigenvalue weighted by molar-refractivity contribution is 5.90. The molecule has 0 unspecified atom stereocenters. The van der Waals surface area contributed by atoms with E-state index in [9.17, 15) is 4.79 Å². The first-order valence-corrected chi connectivity index (χ1v) is 4.63. The van der Waals surface area contributed by atoms with Gasteiger partial charge < -0.3 is 10.8 Å². The molecule has 0 saturated heterocycles. The van der Waals surface area contributed by atoms with E-state index in [1.807, 2.05) is 13.0 Å². The Bertz CT molecular complexity index is 433. The predicted octanol–water partition coefficient (Wildman–Crippen LogP) is 1.28. The van der Waals surface area contributed by atoms with Gasteiger partial charge in [0.05, 0.1) is 17.2 Å². The largest absolute Gasteiger partial charge is 0.478 e. The number of nitriles is 1. The molecule has 0 spiro atoms. The first kappa shape index (κ1) is 11.2. The number of aromatic carboxylic acids is 1. The number of hydrogen-bond acceptors (Lipinski definition) is 3. The van der Waals surface area contributed by atoms with Crippen molar-refractivity contribution in [2.75, 3.05) is 0 Å². The van der Waals surface area contributed by atoms with Crippen LogP contribution in [0.5, 0.6) is 0 Å². The third-order valence-corrected chi connectivity index (χ3v) is 2.34. The number of benzene rings is 1. The maximum atomic E-state index is 10.9. The van der Waals surface area contributed by atoms with E-state index in [4.69, 9.17) is 16.1 Å². The second-order valence-electron chi connectivity index (χ2n) is 3.09. The van der Waals surface area contributed by atoms with E-state index in [0.717, 1.165) is 5.56 Å². The van der Waals surface area contributed by atoms with E-state index < -0.39 is 5.97 Å². The minimum atomic E-state index is -1.00. The number of rotatable bonds is 3. The Kier molecular flexibility index (Phi) is 3.42. The van der Waals surface area contributed by atoms with E-state index in [0.29, 0.717) is 17.5 Å². The number of carboxylic acid groups (broad SMARTS) is 1. The van der Waals surface area contributed by atoms with Crippen LogP contribution in [0, 0.1) is 11.3 Å². The average molecular weight is 204 g/mol. The topological polar surface area (TPSA) is 87.1 Å². The summed E-state index contributed by atoms with van der Waals surface area (Å²) in [6.45, 7) is 2.02. The van der Waals surface area contributed by atoms with Crippen molar-refractivity contribution < 1.29 is 9.90 Å². The van der Waals surface area contributed by atoms with Gasteiger partial charge in [-0.15, -0.1) is 0 Å². The van der Waals surface area contributed by atoms with Gasteiger partial charge in [-0.3, -0.25) is 0 Å². The molecule has 0 saturated carbocycles. The number of hydrogen-bond donors (Lipinski definition) is 2. The summed E-state index contributed by atoms with van der Waals surface area (Å²) < 4.78 is 0. The smallest absolute Gasteiger partial charge is 0.336 e. The Balaban J connectivity index is 3.49. The molecular formula is C11H12N2O2. The molecule has 0 aliphatic carbocycles. The van der Waals surface area contributed by atoms with Gasteiger partial charge in [-0.05, 0) is 29.7 Å². The number of nitrogens with zero attached hydrogens (tertiary/aromatic N) is 1. The normalized spacial score (nSPS) is 9.67. The molecule has 3 N–H and O–H groups in total. The third-order valence-electron chi connectivity index (χ3n) is 2.34. The zero-order valence-corrected chi connectivity index (χ0v) is 8.45. The van der Waals surface area contributed by atoms with Gasteiger partial charge in [-0.2, -0.15) is 5.26 Å². The van der Waals surface area contributed by atoms with Gasteiger partial charge in [0.25, 0.3) is 0 Å². The van der Waals surface area contributed by atoms with Gasteiger partial charge in [-0.25, -0.2) is 4.79 Å². The predicted molar refractivity (Wildman–Crippen MR) is 55.4 cm³/mol. The minimum absolute atomic E-state index is 0.139. The van der Waals surface area contributed by atoms with Crippen molar-refractivity contribution >= 4 is 5.97 Å². The number of nitrogens with two attached hydrogens (primary N) is 1. The van der Waals surface area contributed by atoms with Crippen LogP contribution in [0.15, 0.2) is 12.1 Å². The highest BCUT2D eigenvalue weighted by atomic mass is 16.4. The average Bonchev–Trinajstić information content (AvgIpc) is 2.26. The molecule has 78 valence electrons. The fourth-order valence-electron chi connectivity index (χ4n) is 1.64. The summed E-state index contributed by atoms with van der Waals surface area (Å²) in [6.07, 6.45) is 0.608. The zero-order chi connectivity index (χ0) is 11.4. The lowest BCUT2D eigenvalue weighted by Gasteiger charge is -2.10. The Morgan fingerprint density at radius 1 is 1.53 bits per heavy atom. The molecule has 4 heteroatoms. The summed E-state index contributed by atoms with van der Waals surface area (Å²) in [5.41, 5.74) is 7.50. The molecule has 0 heterocycles. The molecule has 15 heavy (non-hydrogen) atoms. The Morgan fingerprint density at radius 2 is 2.20 bits per heavy atom. The maximum Gasteiger partial charge on any atom is 0.336 e. The van der Waals surface area contributed by atoms with Crippen molar-refractivity contribution in [2.24, 2.45) is 5.73 Å². The summed E-state index contributed by atoms with van der Waals surface area (Å²) in [7, 11) is 0. The van der Waals surface area contributed by atoms with Crippen LogP contribution in [0.4, 0.5) is 0 Å². The van der Waals surface area contributed by atoms with Crippen LogP contribution in [0.25, 0.3) is 0 Å². The van der Waals surface area contributed by atoms with Gasteiger partial charge in [0.1, 0.15) is 0 Å². The number of carboxylic acids is 1. The highest BCUT2D eigenvalue weighted by Crippen LogP contribution is 2.19. The van der Waals surface area contributed by atoms with Gasteiger partial charge in [-0.1, -0.05) is 6.92 Å². The van der Waals surface area contributed by atoms with E-state index in [1.54, 1.807) is 0 Å². The second-order valence-corrected chi connectivity index (χ2v) is 3.09. The second kappa shape index (κ2) is 4.58. The fraction of sp³-hybridized carbons (Fsp3) is 0.273. The molecule has 0 amide bonds. The standard InChI is InChI=1S/C11H12N2O2/c1-2-8-7(5-12)3-4-9(11(14)15)10(8)6-13/h3-4H,2,6,13H2,1H3,(H,14,15). The summed E-state index contributed by atoms with van der Waals surface area (Å²) in [6, 6.07) is 5.00. The lowest BCUT2D eigenvalue weighted by atomic mass is 9.94. The molecule has 1 aromatic rings. The molecule has 0 atom stereocenters. The Labute approximate surface area is 87.9 Å². The van der Waals surface area contributed by atoms with Crippen LogP contribution < -0.4 is 5.73 Å². The van der Waals surface area contributed by atoms with E-state index in [2.05, 4.69) is 0 Å². The summed E-state index contributed by atoms with van der Waals surface area (Å²) in [4.78, 5) is 10.9. The molecule has 1 aromatic carbocycles. The van der Waals surface area contributed by atoms with Gasteiger partial charge in [0, 0.05) is 6.54 Å². The van der Waals surface area contributed by atoms with Crippen LogP contribution in [-0.2, 0) is 13.0 Å². The minimum Gasteiger partial charge on any atom is -0.478 e. The SMILES string of the molecule is CCc1c(C#N)ccc(C(=O)O)c1CN. The van der Waals surface area contributed by atoms with Crippen LogP contribution in [0.2, 0.25) is 0 Å². The molecular weight excluding hydrogens is 192 g/mol. The van der Waals surface area contributed by atoms with Gasteiger partial charge in [0.2, 0.25) is 0 Å². The first-order chi connectivity index (χ1) is 7.15. The Hall–Kier alpha value is -1.86. The van der Waals surface area contributed by atoms with E-state index in [1.165, 1.54) is 12.1 Å². The van der Waals surface area contributed by atoms with Crippen molar-refractivity contribution in [1.82, 2.24) is 0 Å². The number of carbonyl (C=O) groups is 1. The highest BCUT2D eigenvalue weighted by Gasteiger charge is 2.14. The molecule has 0 radical (unpaired) electrons. The van der Waals surface area contributed by atoms with Crippen LogP contribution >= 0.6 is 0 Å². The summed E-state index contributed by atoms with van der Waals surface area (Å²) in [5.74, 6) is -1.00. The molecule has 0 aliphatic rings. The van der Waals surface area contributed by atoms with Crippen molar-refractivity contribution in [3.8, 4) is 6.07 Å². The zero-order valence-electron chi connectivity index (χ0n) is 8.45. The van der Waals surface area contributed by atoms with Gasteiger partial charge in [0.15, 0.2) is 0 Å². The first-order valence-electron chi connectivity index (χ1n) is 4.63. The fourth-order valence-corrected chi connectivity index (χ4v) is 1.64.